The largest absolute Gasteiger partial charge is 0.382 e. The Labute approximate surface area is 205 Å². The summed E-state index contributed by atoms with van der Waals surface area (Å²) in [4.78, 5) is 27.5. The van der Waals surface area contributed by atoms with Crippen LogP contribution in [-0.2, 0) is 0 Å². The van der Waals surface area contributed by atoms with Gasteiger partial charge in [0.15, 0.2) is 6.19 Å². The van der Waals surface area contributed by atoms with E-state index in [1.165, 1.54) is 12.3 Å². The number of halogens is 2. The van der Waals surface area contributed by atoms with Gasteiger partial charge in [0.2, 0.25) is 0 Å². The number of anilines is 2. The zero-order chi connectivity index (χ0) is 25.2. The summed E-state index contributed by atoms with van der Waals surface area (Å²) >= 11 is 0. The number of rotatable bonds is 5. The van der Waals surface area contributed by atoms with Gasteiger partial charge in [0.1, 0.15) is 28.7 Å². The first-order valence-corrected chi connectivity index (χ1v) is 11.4. The van der Waals surface area contributed by atoms with E-state index in [-0.39, 0.29) is 17.3 Å². The Morgan fingerprint density at radius 2 is 2.00 bits per heavy atom. The number of nitriles is 1. The lowest BCUT2D eigenvalue weighted by Crippen LogP contribution is -2.31. The van der Waals surface area contributed by atoms with Gasteiger partial charge in [-0.1, -0.05) is 12.1 Å². The molecule has 1 fully saturated rings. The van der Waals surface area contributed by atoms with E-state index in [9.17, 15) is 18.8 Å². The number of likely N-dealkylation sites (tertiary alicyclic amines) is 1. The Morgan fingerprint density at radius 3 is 2.75 bits per heavy atom. The van der Waals surface area contributed by atoms with Gasteiger partial charge < -0.3 is 16.0 Å². The van der Waals surface area contributed by atoms with Gasteiger partial charge in [-0.2, -0.15) is 5.26 Å². The van der Waals surface area contributed by atoms with Crippen molar-refractivity contribution in [2.45, 2.75) is 25.2 Å². The number of fused-ring (bicyclic) bond motifs is 1. The van der Waals surface area contributed by atoms with Gasteiger partial charge in [-0.05, 0) is 37.1 Å². The van der Waals surface area contributed by atoms with Crippen molar-refractivity contribution >= 4 is 23.1 Å². The third-order valence-corrected chi connectivity index (χ3v) is 6.24. The molecule has 5 rings (SSSR count). The minimum Gasteiger partial charge on any atom is -0.382 e. The molecule has 1 saturated heterocycles. The number of hydrogen-bond donors (Lipinski definition) is 2. The predicted octanol–water partition coefficient (Wildman–Crippen LogP) is 4.22. The highest BCUT2D eigenvalue weighted by atomic mass is 19.3. The van der Waals surface area contributed by atoms with Crippen molar-refractivity contribution in [3.05, 3.63) is 71.9 Å². The molecule has 0 unspecified atom stereocenters. The molecule has 1 amide bonds. The van der Waals surface area contributed by atoms with E-state index in [0.29, 0.717) is 29.1 Å². The van der Waals surface area contributed by atoms with E-state index in [1.54, 1.807) is 35.4 Å². The first kappa shape index (κ1) is 23.2. The first-order valence-electron chi connectivity index (χ1n) is 11.4. The normalized spacial score (nSPS) is 15.7. The number of nitrogens with two attached hydrogens (primary N) is 1. The molecule has 1 atom stereocenters. The zero-order valence-corrected chi connectivity index (χ0v) is 19.1. The number of piperidine rings is 1. The number of hydrogen-bond acceptors (Lipinski definition) is 7. The summed E-state index contributed by atoms with van der Waals surface area (Å²) in [5.74, 6) is 0.759. The highest BCUT2D eigenvalue weighted by Crippen LogP contribution is 2.34. The van der Waals surface area contributed by atoms with Crippen LogP contribution in [0.1, 0.15) is 46.9 Å². The van der Waals surface area contributed by atoms with Gasteiger partial charge in [0.25, 0.3) is 12.3 Å². The molecule has 11 heteroatoms. The topological polar surface area (TPSA) is 125 Å². The molecule has 0 bridgehead atoms. The molecule has 36 heavy (non-hydrogen) atoms. The Kier molecular flexibility index (Phi) is 6.16. The fraction of sp³-hybridized carbons (Fsp3) is 0.240. The van der Waals surface area contributed by atoms with Crippen LogP contribution in [-0.4, -0.2) is 43.2 Å². The van der Waals surface area contributed by atoms with Crippen molar-refractivity contribution in [2.75, 3.05) is 24.1 Å². The molecule has 0 spiro atoms. The van der Waals surface area contributed by atoms with E-state index < -0.39 is 12.3 Å². The minimum atomic E-state index is -2.66. The summed E-state index contributed by atoms with van der Waals surface area (Å²) in [6, 6.07) is 9.08. The number of amides is 1. The number of nitrogens with zero attached hydrogens (tertiary/aromatic N) is 6. The Hall–Kier alpha value is -4.59. The standard InChI is InChI=1S/C25H22F2N8O/c26-22(27)17-7-8-30-19(12-17)32-25(36)16-5-3-15(4-6-16)20-21-23(29)31-9-11-35(21)24(33-20)18-2-1-10-34(13-18)14-28/h3-9,11-12,18,22H,1-2,10,13H2,(H2,29,31)(H,30,32,36)/t18-/m1/s1. The second-order valence-electron chi connectivity index (χ2n) is 8.54. The van der Waals surface area contributed by atoms with Gasteiger partial charge in [0, 0.05) is 54.3 Å². The van der Waals surface area contributed by atoms with Gasteiger partial charge in [-0.15, -0.1) is 0 Å². The molecule has 1 aliphatic rings. The van der Waals surface area contributed by atoms with Crippen molar-refractivity contribution in [2.24, 2.45) is 0 Å². The van der Waals surface area contributed by atoms with Crippen molar-refractivity contribution in [1.82, 2.24) is 24.3 Å². The number of imidazole rings is 1. The number of nitrogens with one attached hydrogen (secondary N) is 1. The van der Waals surface area contributed by atoms with Gasteiger partial charge in [-0.25, -0.2) is 23.7 Å². The van der Waals surface area contributed by atoms with Crippen molar-refractivity contribution in [1.29, 1.82) is 5.26 Å². The molecule has 0 aliphatic carbocycles. The number of carbonyl (C=O) groups excluding carboxylic acids is 1. The predicted molar refractivity (Wildman–Crippen MR) is 129 cm³/mol. The quantitative estimate of drug-likeness (QED) is 0.403. The second kappa shape index (κ2) is 9.58. The lowest BCUT2D eigenvalue weighted by Gasteiger charge is -2.27. The van der Waals surface area contributed by atoms with Crippen molar-refractivity contribution < 1.29 is 13.6 Å². The fourth-order valence-corrected chi connectivity index (χ4v) is 4.47. The molecule has 4 aromatic rings. The first-order chi connectivity index (χ1) is 17.4. The molecule has 1 aromatic carbocycles. The van der Waals surface area contributed by atoms with Crippen LogP contribution in [0.4, 0.5) is 20.4 Å². The summed E-state index contributed by atoms with van der Waals surface area (Å²) in [5.41, 5.74) is 8.36. The summed E-state index contributed by atoms with van der Waals surface area (Å²) in [6.07, 6.45) is 6.01. The van der Waals surface area contributed by atoms with E-state index in [1.807, 2.05) is 10.6 Å². The SMILES string of the molecule is N#CN1CCC[C@@H](c2nc(-c3ccc(C(=O)Nc4cc(C(F)F)ccn4)cc3)c3c(N)nccn23)C1. The van der Waals surface area contributed by atoms with E-state index >= 15 is 0 Å². The number of benzene rings is 1. The molecule has 4 heterocycles. The Bertz CT molecular complexity index is 1460. The average Bonchev–Trinajstić information content (AvgIpc) is 3.30. The molecule has 0 radical (unpaired) electrons. The summed E-state index contributed by atoms with van der Waals surface area (Å²) in [6.45, 7) is 1.32. The molecule has 1 aliphatic heterocycles. The molecular weight excluding hydrogens is 466 g/mol. The molecule has 3 aromatic heterocycles. The number of alkyl halides is 2. The molecule has 0 saturated carbocycles. The van der Waals surface area contributed by atoms with Crippen LogP contribution in [0.25, 0.3) is 16.8 Å². The molecule has 182 valence electrons. The smallest absolute Gasteiger partial charge is 0.264 e. The van der Waals surface area contributed by atoms with Gasteiger partial charge in [0.05, 0.1) is 0 Å². The highest BCUT2D eigenvalue weighted by Gasteiger charge is 2.27. The van der Waals surface area contributed by atoms with Crippen LogP contribution in [0, 0.1) is 11.5 Å². The van der Waals surface area contributed by atoms with Gasteiger partial charge in [-0.3, -0.25) is 9.20 Å². The van der Waals surface area contributed by atoms with Crippen LogP contribution in [0.15, 0.2) is 55.0 Å². The number of nitrogen functional groups attached to an aromatic ring is 1. The molecular formula is C25H22F2N8O. The Morgan fingerprint density at radius 1 is 1.19 bits per heavy atom. The third-order valence-electron chi connectivity index (χ3n) is 6.24. The minimum absolute atomic E-state index is 0.0457. The number of carbonyl (C=O) groups is 1. The summed E-state index contributed by atoms with van der Waals surface area (Å²) in [7, 11) is 0. The maximum atomic E-state index is 12.9. The maximum absolute atomic E-state index is 12.9. The van der Waals surface area contributed by atoms with Gasteiger partial charge >= 0.3 is 0 Å². The van der Waals surface area contributed by atoms with Crippen molar-refractivity contribution in [3.8, 4) is 17.5 Å². The Balaban J connectivity index is 1.44. The molecule has 9 nitrogen and oxygen atoms in total. The lowest BCUT2D eigenvalue weighted by molar-refractivity contribution is 0.102. The van der Waals surface area contributed by atoms with Crippen LogP contribution in [0.5, 0.6) is 0 Å². The zero-order valence-electron chi connectivity index (χ0n) is 19.1. The number of aromatic nitrogens is 4. The fourth-order valence-electron chi connectivity index (χ4n) is 4.47. The van der Waals surface area contributed by atoms with Crippen molar-refractivity contribution in [3.63, 3.8) is 0 Å². The van der Waals surface area contributed by atoms with Crippen LogP contribution >= 0.6 is 0 Å². The lowest BCUT2D eigenvalue weighted by atomic mass is 9.98. The van der Waals surface area contributed by atoms with E-state index in [4.69, 9.17) is 10.7 Å². The number of pyridine rings is 1. The third kappa shape index (κ3) is 4.40. The van der Waals surface area contributed by atoms with Crippen LogP contribution in [0.2, 0.25) is 0 Å². The van der Waals surface area contributed by atoms with E-state index in [2.05, 4.69) is 21.5 Å². The maximum Gasteiger partial charge on any atom is 0.264 e. The summed E-state index contributed by atoms with van der Waals surface area (Å²) < 4.78 is 27.8. The summed E-state index contributed by atoms with van der Waals surface area (Å²) in [5, 5.41) is 11.9. The monoisotopic (exact) mass is 488 g/mol. The average molecular weight is 489 g/mol. The second-order valence-corrected chi connectivity index (χ2v) is 8.54. The van der Waals surface area contributed by atoms with Crippen LogP contribution in [0.3, 0.4) is 0 Å². The van der Waals surface area contributed by atoms with E-state index in [0.717, 1.165) is 36.8 Å². The van der Waals surface area contributed by atoms with Crippen LogP contribution < -0.4 is 11.1 Å². The molecule has 3 N–H and O–H groups in total. The highest BCUT2D eigenvalue weighted by molar-refractivity contribution is 6.04.